The molecule has 1 fully saturated rings. The summed E-state index contributed by atoms with van der Waals surface area (Å²) in [6, 6.07) is 6.66. The number of likely N-dealkylation sites (tertiary alicyclic amines) is 1. The minimum absolute atomic E-state index is 0.198. The van der Waals surface area contributed by atoms with Crippen LogP contribution >= 0.6 is 0 Å². The number of aliphatic carboxylic acids is 1. The summed E-state index contributed by atoms with van der Waals surface area (Å²) in [5, 5.41) is 9.18. The molecule has 0 aliphatic carbocycles. The Labute approximate surface area is 114 Å². The third kappa shape index (κ3) is 2.80. The van der Waals surface area contributed by atoms with Crippen LogP contribution in [0.2, 0.25) is 0 Å². The molecule has 1 aromatic rings. The lowest BCUT2D eigenvalue weighted by atomic mass is 10.00. The monoisotopic (exact) mass is 262 g/mol. The second-order valence-electron chi connectivity index (χ2n) is 5.78. The van der Waals surface area contributed by atoms with Crippen molar-refractivity contribution in [2.45, 2.75) is 38.8 Å². The van der Waals surface area contributed by atoms with Crippen molar-refractivity contribution in [1.29, 1.82) is 0 Å². The molecular weight excluding hydrogens is 240 g/mol. The summed E-state index contributed by atoms with van der Waals surface area (Å²) < 4.78 is 0. The molecule has 1 aliphatic heterocycles. The second-order valence-corrected chi connectivity index (χ2v) is 5.78. The van der Waals surface area contributed by atoms with Gasteiger partial charge in [0.15, 0.2) is 0 Å². The molecule has 2 atom stereocenters. The lowest BCUT2D eigenvalue weighted by Crippen LogP contribution is -2.50. The Kier molecular flexibility index (Phi) is 3.65. The number of nitrogens with zero attached hydrogens (tertiary/aromatic N) is 1. The molecule has 1 aromatic carbocycles. The zero-order chi connectivity index (χ0) is 14.2. The fourth-order valence-corrected chi connectivity index (χ4v) is 2.83. The van der Waals surface area contributed by atoms with Crippen LogP contribution in [0.4, 0.5) is 0 Å². The average Bonchev–Trinajstić information content (AvgIpc) is 2.71. The Morgan fingerprint density at radius 2 is 1.95 bits per heavy atom. The zero-order valence-electron chi connectivity index (χ0n) is 11.8. The van der Waals surface area contributed by atoms with Gasteiger partial charge in [-0.25, -0.2) is 0 Å². The highest BCUT2D eigenvalue weighted by Gasteiger charge is 2.42. The number of nitrogens with two attached hydrogens (primary N) is 1. The molecule has 1 aliphatic rings. The standard InChI is InChI=1S/C15H22N2O2/c1-10-6-11(2)8-13(7-10)12(3)17-5-4-15(16,9-17)14(18)19/h6-8,12H,4-5,9,16H2,1-3H3,(H,18,19). The fourth-order valence-electron chi connectivity index (χ4n) is 2.83. The molecular formula is C15H22N2O2. The molecule has 0 spiro atoms. The van der Waals surface area contributed by atoms with E-state index < -0.39 is 11.5 Å². The summed E-state index contributed by atoms with van der Waals surface area (Å²) in [4.78, 5) is 13.3. The van der Waals surface area contributed by atoms with Crippen LogP contribution in [0.25, 0.3) is 0 Å². The number of carbonyl (C=O) groups is 1. The molecule has 4 nitrogen and oxygen atoms in total. The first-order valence-electron chi connectivity index (χ1n) is 6.66. The number of carboxylic acid groups (broad SMARTS) is 1. The Balaban J connectivity index is 2.17. The van der Waals surface area contributed by atoms with E-state index in [0.29, 0.717) is 13.0 Å². The van der Waals surface area contributed by atoms with Gasteiger partial charge in [-0.3, -0.25) is 9.69 Å². The van der Waals surface area contributed by atoms with Gasteiger partial charge in [-0.2, -0.15) is 0 Å². The molecule has 0 aromatic heterocycles. The molecule has 0 saturated carbocycles. The van der Waals surface area contributed by atoms with Gasteiger partial charge in [-0.15, -0.1) is 0 Å². The summed E-state index contributed by atoms with van der Waals surface area (Å²) >= 11 is 0. The Morgan fingerprint density at radius 1 is 1.37 bits per heavy atom. The fraction of sp³-hybridized carbons (Fsp3) is 0.533. The van der Waals surface area contributed by atoms with Gasteiger partial charge in [-0.05, 0) is 32.8 Å². The van der Waals surface area contributed by atoms with Crippen LogP contribution in [0.1, 0.15) is 36.1 Å². The smallest absolute Gasteiger partial charge is 0.325 e. The third-order valence-electron chi connectivity index (χ3n) is 4.03. The number of carboxylic acids is 1. The lowest BCUT2D eigenvalue weighted by Gasteiger charge is -2.26. The zero-order valence-corrected chi connectivity index (χ0v) is 11.8. The molecule has 0 bridgehead atoms. The highest BCUT2D eigenvalue weighted by atomic mass is 16.4. The maximum Gasteiger partial charge on any atom is 0.325 e. The quantitative estimate of drug-likeness (QED) is 0.872. The number of rotatable bonds is 3. The predicted octanol–water partition coefficient (Wildman–Crippen LogP) is 1.85. The van der Waals surface area contributed by atoms with Crippen LogP contribution < -0.4 is 5.73 Å². The largest absolute Gasteiger partial charge is 0.480 e. The SMILES string of the molecule is Cc1cc(C)cc(C(C)N2CCC(N)(C(=O)O)C2)c1. The first-order chi connectivity index (χ1) is 8.82. The number of hydrogen-bond acceptors (Lipinski definition) is 3. The van der Waals surface area contributed by atoms with Crippen molar-refractivity contribution >= 4 is 5.97 Å². The predicted molar refractivity (Wildman–Crippen MR) is 75.1 cm³/mol. The third-order valence-corrected chi connectivity index (χ3v) is 4.03. The van der Waals surface area contributed by atoms with Crippen LogP contribution in [0.5, 0.6) is 0 Å². The Hall–Kier alpha value is -1.39. The highest BCUT2D eigenvalue weighted by Crippen LogP contribution is 2.29. The van der Waals surface area contributed by atoms with E-state index in [-0.39, 0.29) is 6.04 Å². The topological polar surface area (TPSA) is 66.6 Å². The highest BCUT2D eigenvalue weighted by molar-refractivity contribution is 5.79. The summed E-state index contributed by atoms with van der Waals surface area (Å²) in [7, 11) is 0. The van der Waals surface area contributed by atoms with Gasteiger partial charge in [0.2, 0.25) is 0 Å². The van der Waals surface area contributed by atoms with Crippen LogP contribution in [0.3, 0.4) is 0 Å². The minimum atomic E-state index is -1.09. The molecule has 0 radical (unpaired) electrons. The van der Waals surface area contributed by atoms with E-state index in [4.69, 9.17) is 5.73 Å². The van der Waals surface area contributed by atoms with Crippen molar-refractivity contribution in [2.24, 2.45) is 5.73 Å². The van der Waals surface area contributed by atoms with Crippen LogP contribution in [-0.4, -0.2) is 34.6 Å². The molecule has 0 amide bonds. The van der Waals surface area contributed by atoms with Gasteiger partial charge < -0.3 is 10.8 Å². The molecule has 2 rings (SSSR count). The molecule has 4 heteroatoms. The summed E-state index contributed by atoms with van der Waals surface area (Å²) in [5.74, 6) is -0.900. The first-order valence-corrected chi connectivity index (χ1v) is 6.66. The summed E-state index contributed by atoms with van der Waals surface area (Å²) in [6.07, 6.45) is 0.511. The summed E-state index contributed by atoms with van der Waals surface area (Å²) in [5.41, 5.74) is 8.53. The first kappa shape index (κ1) is 14.0. The van der Waals surface area contributed by atoms with Crippen molar-refractivity contribution < 1.29 is 9.90 Å². The van der Waals surface area contributed by atoms with E-state index in [0.717, 1.165) is 6.54 Å². The van der Waals surface area contributed by atoms with E-state index in [2.05, 4.69) is 43.9 Å². The van der Waals surface area contributed by atoms with Gasteiger partial charge in [-0.1, -0.05) is 29.3 Å². The summed E-state index contributed by atoms with van der Waals surface area (Å²) in [6.45, 7) is 7.42. The van der Waals surface area contributed by atoms with Gasteiger partial charge in [0.05, 0.1) is 0 Å². The van der Waals surface area contributed by atoms with Gasteiger partial charge in [0, 0.05) is 19.1 Å². The molecule has 2 unspecified atom stereocenters. The van der Waals surface area contributed by atoms with Crippen molar-refractivity contribution in [3.8, 4) is 0 Å². The lowest BCUT2D eigenvalue weighted by molar-refractivity contribution is -0.142. The molecule has 1 heterocycles. The average molecular weight is 262 g/mol. The van der Waals surface area contributed by atoms with Crippen molar-refractivity contribution in [1.82, 2.24) is 4.90 Å². The minimum Gasteiger partial charge on any atom is -0.480 e. The van der Waals surface area contributed by atoms with Gasteiger partial charge >= 0.3 is 5.97 Å². The molecule has 19 heavy (non-hydrogen) atoms. The molecule has 1 saturated heterocycles. The number of aryl methyl sites for hydroxylation is 2. The molecule has 3 N–H and O–H groups in total. The van der Waals surface area contributed by atoms with Crippen LogP contribution in [-0.2, 0) is 4.79 Å². The molecule has 104 valence electrons. The Morgan fingerprint density at radius 3 is 2.42 bits per heavy atom. The van der Waals surface area contributed by atoms with E-state index in [1.165, 1.54) is 16.7 Å². The van der Waals surface area contributed by atoms with Crippen molar-refractivity contribution in [2.75, 3.05) is 13.1 Å². The van der Waals surface area contributed by atoms with Crippen LogP contribution in [0.15, 0.2) is 18.2 Å². The number of benzene rings is 1. The van der Waals surface area contributed by atoms with E-state index in [1.807, 2.05) is 0 Å². The van der Waals surface area contributed by atoms with Crippen LogP contribution in [0, 0.1) is 13.8 Å². The van der Waals surface area contributed by atoms with E-state index in [9.17, 15) is 9.90 Å². The second kappa shape index (κ2) is 4.94. The maximum atomic E-state index is 11.2. The van der Waals surface area contributed by atoms with E-state index in [1.54, 1.807) is 0 Å². The van der Waals surface area contributed by atoms with Gasteiger partial charge in [0.25, 0.3) is 0 Å². The van der Waals surface area contributed by atoms with Crippen molar-refractivity contribution in [3.05, 3.63) is 34.9 Å². The van der Waals surface area contributed by atoms with E-state index >= 15 is 0 Å². The normalized spacial score (nSPS) is 25.5. The van der Waals surface area contributed by atoms with Crippen molar-refractivity contribution in [3.63, 3.8) is 0 Å². The number of hydrogen-bond donors (Lipinski definition) is 2. The van der Waals surface area contributed by atoms with Gasteiger partial charge in [0.1, 0.15) is 5.54 Å². The maximum absolute atomic E-state index is 11.2. The Bertz CT molecular complexity index is 481.